The molecule has 0 aliphatic rings. The molecule has 0 spiro atoms. The van der Waals surface area contributed by atoms with Gasteiger partial charge in [0.15, 0.2) is 5.82 Å². The summed E-state index contributed by atoms with van der Waals surface area (Å²) < 4.78 is 15.4. The quantitative estimate of drug-likeness (QED) is 0.860. The van der Waals surface area contributed by atoms with Gasteiger partial charge in [-0.05, 0) is 41.8 Å². The number of aryl methyl sites for hydroxylation is 1. The molecule has 19 heavy (non-hydrogen) atoms. The van der Waals surface area contributed by atoms with Crippen molar-refractivity contribution < 1.29 is 4.39 Å². The maximum absolute atomic E-state index is 13.7. The Balaban J connectivity index is 2.34. The lowest BCUT2D eigenvalue weighted by atomic mass is 10.1. The molecule has 2 aromatic rings. The van der Waals surface area contributed by atoms with Crippen molar-refractivity contribution in [3.05, 3.63) is 23.5 Å². The molecular weight excluding hydrogens is 245 g/mol. The average Bonchev–Trinajstić information content (AvgIpc) is 2.81. The number of nitrogens with two attached hydrogens (primary N) is 1. The molecule has 0 aliphatic carbocycles. The monoisotopic (exact) mass is 263 g/mol. The Morgan fingerprint density at radius 3 is 2.74 bits per heavy atom. The van der Waals surface area contributed by atoms with Crippen molar-refractivity contribution in [2.24, 2.45) is 5.92 Å². The van der Waals surface area contributed by atoms with Crippen molar-refractivity contribution in [1.82, 2.24) is 20.2 Å². The maximum atomic E-state index is 13.7. The lowest BCUT2D eigenvalue weighted by Crippen LogP contribution is -2.06. The fourth-order valence-electron chi connectivity index (χ4n) is 1.77. The van der Waals surface area contributed by atoms with Crippen LogP contribution in [0.15, 0.2) is 12.1 Å². The Labute approximate surface area is 111 Å². The Morgan fingerprint density at radius 1 is 1.37 bits per heavy atom. The fraction of sp³-hybridized carbons (Fsp3) is 0.462. The molecule has 2 N–H and O–H groups in total. The summed E-state index contributed by atoms with van der Waals surface area (Å²) in [6, 6.07) is 3.12. The van der Waals surface area contributed by atoms with Crippen LogP contribution in [0.2, 0.25) is 0 Å². The number of hydrogen-bond acceptors (Lipinski definition) is 4. The first-order valence-electron chi connectivity index (χ1n) is 6.31. The molecular formula is C13H18FN5. The van der Waals surface area contributed by atoms with Crippen molar-refractivity contribution >= 4 is 5.69 Å². The molecule has 1 aromatic heterocycles. The van der Waals surface area contributed by atoms with E-state index in [-0.39, 0.29) is 5.82 Å². The molecule has 102 valence electrons. The van der Waals surface area contributed by atoms with Gasteiger partial charge in [0.1, 0.15) is 5.82 Å². The van der Waals surface area contributed by atoms with Crippen LogP contribution < -0.4 is 5.73 Å². The minimum absolute atomic E-state index is 0.339. The predicted octanol–water partition coefficient (Wildman–Crippen LogP) is 2.42. The molecule has 0 amide bonds. The minimum atomic E-state index is -0.339. The van der Waals surface area contributed by atoms with Gasteiger partial charge >= 0.3 is 0 Å². The molecule has 0 saturated heterocycles. The minimum Gasteiger partial charge on any atom is -0.398 e. The van der Waals surface area contributed by atoms with Crippen LogP contribution >= 0.6 is 0 Å². The Kier molecular flexibility index (Phi) is 3.78. The number of rotatable bonds is 4. The third kappa shape index (κ3) is 2.89. The Bertz CT molecular complexity index is 553. The van der Waals surface area contributed by atoms with E-state index >= 15 is 0 Å². The second kappa shape index (κ2) is 5.34. The molecule has 2 rings (SSSR count). The van der Waals surface area contributed by atoms with E-state index < -0.39 is 0 Å². The number of nitrogens with zero attached hydrogens (tertiary/aromatic N) is 4. The zero-order valence-electron chi connectivity index (χ0n) is 11.4. The first-order chi connectivity index (χ1) is 8.99. The third-order valence-electron chi connectivity index (χ3n) is 3.09. The van der Waals surface area contributed by atoms with Gasteiger partial charge in [-0.15, -0.1) is 5.10 Å². The van der Waals surface area contributed by atoms with E-state index in [9.17, 15) is 4.39 Å². The summed E-state index contributed by atoms with van der Waals surface area (Å²) in [5.41, 5.74) is 7.25. The van der Waals surface area contributed by atoms with Crippen LogP contribution in [0.4, 0.5) is 10.1 Å². The molecule has 0 radical (unpaired) electrons. The van der Waals surface area contributed by atoms with Gasteiger partial charge in [0.25, 0.3) is 0 Å². The topological polar surface area (TPSA) is 69.6 Å². The second-order valence-corrected chi connectivity index (χ2v) is 5.08. The number of anilines is 1. The standard InChI is InChI=1S/C13H18FN5/c1-8(2)4-5-19-13(16-17-18-19)10-6-11(14)9(3)12(15)7-10/h6-8H,4-5,15H2,1-3H3. The summed E-state index contributed by atoms with van der Waals surface area (Å²) in [6.45, 7) is 6.62. The second-order valence-electron chi connectivity index (χ2n) is 5.08. The molecule has 5 nitrogen and oxygen atoms in total. The largest absolute Gasteiger partial charge is 0.398 e. The van der Waals surface area contributed by atoms with Crippen molar-refractivity contribution in [2.45, 2.75) is 33.7 Å². The molecule has 0 aliphatic heterocycles. The van der Waals surface area contributed by atoms with E-state index in [4.69, 9.17) is 5.73 Å². The number of benzene rings is 1. The van der Waals surface area contributed by atoms with Gasteiger partial charge in [-0.3, -0.25) is 0 Å². The molecule has 0 fully saturated rings. The van der Waals surface area contributed by atoms with Crippen molar-refractivity contribution in [2.75, 3.05) is 5.73 Å². The van der Waals surface area contributed by atoms with Crippen LogP contribution in [0.25, 0.3) is 11.4 Å². The van der Waals surface area contributed by atoms with Gasteiger partial charge in [-0.2, -0.15) is 0 Å². The fourth-order valence-corrected chi connectivity index (χ4v) is 1.77. The molecule has 1 aromatic carbocycles. The van der Waals surface area contributed by atoms with Gasteiger partial charge in [0.05, 0.1) is 0 Å². The molecule has 6 heteroatoms. The van der Waals surface area contributed by atoms with Crippen LogP contribution in [0.3, 0.4) is 0 Å². The van der Waals surface area contributed by atoms with Crippen molar-refractivity contribution in [3.8, 4) is 11.4 Å². The summed E-state index contributed by atoms with van der Waals surface area (Å²) in [7, 11) is 0. The summed E-state index contributed by atoms with van der Waals surface area (Å²) in [6.07, 6.45) is 0.960. The number of nitrogen functional groups attached to an aromatic ring is 1. The zero-order chi connectivity index (χ0) is 14.0. The smallest absolute Gasteiger partial charge is 0.182 e. The Hall–Kier alpha value is -1.98. The number of aromatic nitrogens is 4. The van der Waals surface area contributed by atoms with E-state index in [1.54, 1.807) is 17.7 Å². The summed E-state index contributed by atoms with van der Waals surface area (Å²) in [5.74, 6) is 0.761. The predicted molar refractivity (Wildman–Crippen MR) is 71.8 cm³/mol. The molecule has 0 atom stereocenters. The van der Waals surface area contributed by atoms with E-state index in [1.807, 2.05) is 0 Å². The van der Waals surface area contributed by atoms with Crippen LogP contribution in [0, 0.1) is 18.7 Å². The highest BCUT2D eigenvalue weighted by atomic mass is 19.1. The van der Waals surface area contributed by atoms with Gasteiger partial charge in [0, 0.05) is 23.4 Å². The normalized spacial score (nSPS) is 11.2. The lowest BCUT2D eigenvalue weighted by molar-refractivity contribution is 0.481. The van der Waals surface area contributed by atoms with Crippen LogP contribution in [0.5, 0.6) is 0 Å². The van der Waals surface area contributed by atoms with Crippen LogP contribution in [0.1, 0.15) is 25.8 Å². The van der Waals surface area contributed by atoms with E-state index in [0.29, 0.717) is 35.1 Å². The highest BCUT2D eigenvalue weighted by molar-refractivity contribution is 5.63. The lowest BCUT2D eigenvalue weighted by Gasteiger charge is -2.08. The summed E-state index contributed by atoms with van der Waals surface area (Å²) >= 11 is 0. The summed E-state index contributed by atoms with van der Waals surface area (Å²) in [5, 5.41) is 11.6. The average molecular weight is 263 g/mol. The highest BCUT2D eigenvalue weighted by Crippen LogP contribution is 2.24. The van der Waals surface area contributed by atoms with Gasteiger partial charge in [-0.25, -0.2) is 9.07 Å². The molecule has 0 saturated carbocycles. The zero-order valence-corrected chi connectivity index (χ0v) is 11.4. The number of halogens is 1. The molecule has 1 heterocycles. The van der Waals surface area contributed by atoms with Gasteiger partial charge in [-0.1, -0.05) is 13.8 Å². The van der Waals surface area contributed by atoms with Crippen molar-refractivity contribution in [1.29, 1.82) is 0 Å². The summed E-state index contributed by atoms with van der Waals surface area (Å²) in [4.78, 5) is 0. The maximum Gasteiger partial charge on any atom is 0.182 e. The van der Waals surface area contributed by atoms with Gasteiger partial charge < -0.3 is 5.73 Å². The van der Waals surface area contributed by atoms with E-state index in [1.165, 1.54) is 6.07 Å². The van der Waals surface area contributed by atoms with Crippen molar-refractivity contribution in [3.63, 3.8) is 0 Å². The van der Waals surface area contributed by atoms with E-state index in [2.05, 4.69) is 29.4 Å². The Morgan fingerprint density at radius 2 is 2.11 bits per heavy atom. The first kappa shape index (κ1) is 13.5. The van der Waals surface area contributed by atoms with Crippen LogP contribution in [-0.4, -0.2) is 20.2 Å². The van der Waals surface area contributed by atoms with Gasteiger partial charge in [0.2, 0.25) is 0 Å². The number of tetrazole rings is 1. The third-order valence-corrected chi connectivity index (χ3v) is 3.09. The van der Waals surface area contributed by atoms with E-state index in [0.717, 1.165) is 6.42 Å². The number of hydrogen-bond donors (Lipinski definition) is 1. The first-order valence-corrected chi connectivity index (χ1v) is 6.31. The molecule has 0 bridgehead atoms. The van der Waals surface area contributed by atoms with Crippen LogP contribution in [-0.2, 0) is 6.54 Å². The molecule has 0 unspecified atom stereocenters. The highest BCUT2D eigenvalue weighted by Gasteiger charge is 2.13. The SMILES string of the molecule is Cc1c(N)cc(-c2nnnn2CCC(C)C)cc1F.